The van der Waals surface area contributed by atoms with Crippen LogP contribution >= 0.6 is 11.8 Å². The van der Waals surface area contributed by atoms with Crippen LogP contribution in [0.3, 0.4) is 0 Å². The van der Waals surface area contributed by atoms with E-state index >= 15 is 0 Å². The predicted octanol–water partition coefficient (Wildman–Crippen LogP) is 2.00. The summed E-state index contributed by atoms with van der Waals surface area (Å²) >= 11 is 1.16. The van der Waals surface area contributed by atoms with Crippen molar-refractivity contribution in [2.75, 3.05) is 11.1 Å². The Morgan fingerprint density at radius 2 is 2.00 bits per heavy atom. The standard InChI is InChI=1S/C19H17N7O2S/c1-12-9-14(25-24-12)22-15(27)11-29-19-23-17-16(20-7-8-21-17)18(28)26(19)10-13-5-3-2-4-6-13/h2-9H,10-11H2,1H3,(H2,22,24,25,27). The second-order valence-electron chi connectivity index (χ2n) is 6.27. The van der Waals surface area contributed by atoms with Gasteiger partial charge in [-0.25, -0.2) is 15.0 Å². The number of H-pyrrole nitrogens is 1. The highest BCUT2D eigenvalue weighted by molar-refractivity contribution is 7.99. The quantitative estimate of drug-likeness (QED) is 0.371. The molecule has 10 heteroatoms. The lowest BCUT2D eigenvalue weighted by Gasteiger charge is -2.12. The number of benzene rings is 1. The maximum atomic E-state index is 13.0. The van der Waals surface area contributed by atoms with E-state index in [1.54, 1.807) is 6.07 Å². The summed E-state index contributed by atoms with van der Waals surface area (Å²) in [5.74, 6) is 0.271. The summed E-state index contributed by atoms with van der Waals surface area (Å²) < 4.78 is 1.52. The number of nitrogens with zero attached hydrogens (tertiary/aromatic N) is 5. The van der Waals surface area contributed by atoms with Gasteiger partial charge < -0.3 is 5.32 Å². The fourth-order valence-electron chi connectivity index (χ4n) is 2.74. The van der Waals surface area contributed by atoms with Crippen LogP contribution in [-0.4, -0.2) is 41.4 Å². The minimum Gasteiger partial charge on any atom is -0.308 e. The van der Waals surface area contributed by atoms with Crippen molar-refractivity contribution >= 4 is 34.7 Å². The molecule has 2 N–H and O–H groups in total. The Morgan fingerprint density at radius 3 is 2.76 bits per heavy atom. The number of aromatic nitrogens is 6. The van der Waals surface area contributed by atoms with Gasteiger partial charge in [0, 0.05) is 24.2 Å². The van der Waals surface area contributed by atoms with Gasteiger partial charge in [-0.15, -0.1) is 0 Å². The Morgan fingerprint density at radius 1 is 1.21 bits per heavy atom. The van der Waals surface area contributed by atoms with E-state index in [9.17, 15) is 9.59 Å². The topological polar surface area (TPSA) is 118 Å². The summed E-state index contributed by atoms with van der Waals surface area (Å²) in [6.07, 6.45) is 2.95. The maximum absolute atomic E-state index is 13.0. The molecule has 1 aromatic carbocycles. The monoisotopic (exact) mass is 407 g/mol. The average Bonchev–Trinajstić information content (AvgIpc) is 3.14. The molecule has 0 bridgehead atoms. The third kappa shape index (κ3) is 4.32. The van der Waals surface area contributed by atoms with E-state index in [1.165, 1.54) is 17.0 Å². The first-order chi connectivity index (χ1) is 14.1. The van der Waals surface area contributed by atoms with E-state index < -0.39 is 0 Å². The van der Waals surface area contributed by atoms with Crippen molar-refractivity contribution < 1.29 is 4.79 Å². The van der Waals surface area contributed by atoms with Crippen LogP contribution in [-0.2, 0) is 11.3 Å². The van der Waals surface area contributed by atoms with Crippen LogP contribution in [0.5, 0.6) is 0 Å². The highest BCUT2D eigenvalue weighted by Crippen LogP contribution is 2.18. The van der Waals surface area contributed by atoms with Crippen molar-refractivity contribution in [3.05, 3.63) is 70.4 Å². The Hall–Kier alpha value is -3.53. The highest BCUT2D eigenvalue weighted by atomic mass is 32.2. The Kier molecular flexibility index (Phi) is 5.34. The summed E-state index contributed by atoms with van der Waals surface area (Å²) in [4.78, 5) is 38.0. The van der Waals surface area contributed by atoms with Gasteiger partial charge in [0.25, 0.3) is 5.56 Å². The Balaban J connectivity index is 1.62. The molecule has 3 heterocycles. The van der Waals surface area contributed by atoms with Crippen molar-refractivity contribution in [1.29, 1.82) is 0 Å². The van der Waals surface area contributed by atoms with Crippen LogP contribution in [0.4, 0.5) is 5.82 Å². The number of carbonyl (C=O) groups is 1. The summed E-state index contributed by atoms with van der Waals surface area (Å²) in [5.41, 5.74) is 1.95. The molecule has 0 saturated heterocycles. The zero-order chi connectivity index (χ0) is 20.2. The minimum absolute atomic E-state index is 0.0684. The number of hydrogen-bond donors (Lipinski definition) is 2. The van der Waals surface area contributed by atoms with Gasteiger partial charge in [0.1, 0.15) is 0 Å². The molecule has 29 heavy (non-hydrogen) atoms. The van der Waals surface area contributed by atoms with E-state index in [0.29, 0.717) is 17.5 Å². The zero-order valence-corrected chi connectivity index (χ0v) is 16.3. The summed E-state index contributed by atoms with van der Waals surface area (Å²) in [6.45, 7) is 2.17. The number of hydrogen-bond acceptors (Lipinski definition) is 7. The van der Waals surface area contributed by atoms with Crippen LogP contribution in [0.25, 0.3) is 11.2 Å². The lowest BCUT2D eigenvalue weighted by atomic mass is 10.2. The number of thioether (sulfide) groups is 1. The zero-order valence-electron chi connectivity index (χ0n) is 15.5. The van der Waals surface area contributed by atoms with Crippen LogP contribution in [0, 0.1) is 6.92 Å². The largest absolute Gasteiger partial charge is 0.308 e. The molecule has 0 spiro atoms. The van der Waals surface area contributed by atoms with Crippen LogP contribution in [0.1, 0.15) is 11.3 Å². The van der Waals surface area contributed by atoms with Gasteiger partial charge in [-0.2, -0.15) is 5.10 Å². The molecule has 4 rings (SSSR count). The fraction of sp³-hybridized carbons (Fsp3) is 0.158. The molecule has 1 amide bonds. The van der Waals surface area contributed by atoms with E-state index in [2.05, 4.69) is 30.5 Å². The first-order valence-corrected chi connectivity index (χ1v) is 9.79. The van der Waals surface area contributed by atoms with Gasteiger partial charge in [-0.3, -0.25) is 19.3 Å². The Labute approximate surface area is 169 Å². The molecule has 0 fully saturated rings. The average molecular weight is 407 g/mol. The number of nitrogens with one attached hydrogen (secondary N) is 2. The third-order valence-electron chi connectivity index (χ3n) is 4.05. The van der Waals surface area contributed by atoms with Crippen LogP contribution in [0.15, 0.2) is 58.7 Å². The number of rotatable bonds is 6. The summed E-state index contributed by atoms with van der Waals surface area (Å²) in [5, 5.41) is 9.86. The van der Waals surface area contributed by atoms with Gasteiger partial charge in [0.05, 0.1) is 12.3 Å². The molecular weight excluding hydrogens is 390 g/mol. The van der Waals surface area contributed by atoms with E-state index in [-0.39, 0.29) is 28.4 Å². The number of fused-ring (bicyclic) bond motifs is 1. The first kappa shape index (κ1) is 18.8. The van der Waals surface area contributed by atoms with Gasteiger partial charge in [0.2, 0.25) is 5.91 Å². The number of aromatic amines is 1. The van der Waals surface area contributed by atoms with Gasteiger partial charge in [0.15, 0.2) is 22.1 Å². The van der Waals surface area contributed by atoms with E-state index in [4.69, 9.17) is 0 Å². The lowest BCUT2D eigenvalue weighted by Crippen LogP contribution is -2.25. The molecule has 0 aliphatic rings. The molecule has 3 aromatic heterocycles. The first-order valence-electron chi connectivity index (χ1n) is 8.80. The molecular formula is C19H17N7O2S. The van der Waals surface area contributed by atoms with E-state index in [0.717, 1.165) is 23.0 Å². The summed E-state index contributed by atoms with van der Waals surface area (Å²) in [7, 11) is 0. The molecule has 4 aromatic rings. The summed E-state index contributed by atoms with van der Waals surface area (Å²) in [6, 6.07) is 11.3. The second-order valence-corrected chi connectivity index (χ2v) is 7.22. The van der Waals surface area contributed by atoms with E-state index in [1.807, 2.05) is 37.3 Å². The molecule has 0 aliphatic carbocycles. The molecule has 0 radical (unpaired) electrons. The molecule has 9 nitrogen and oxygen atoms in total. The van der Waals surface area contributed by atoms with Gasteiger partial charge >= 0.3 is 0 Å². The minimum atomic E-state index is -0.294. The lowest BCUT2D eigenvalue weighted by molar-refractivity contribution is -0.113. The predicted molar refractivity (Wildman–Crippen MR) is 110 cm³/mol. The SMILES string of the molecule is Cc1cc(NC(=O)CSc2nc3nccnc3c(=O)n2Cc2ccccc2)n[nH]1. The number of aryl methyl sites for hydroxylation is 1. The second kappa shape index (κ2) is 8.23. The van der Waals surface area contributed by atoms with Crippen LogP contribution in [0.2, 0.25) is 0 Å². The fourth-order valence-corrected chi connectivity index (χ4v) is 3.52. The van der Waals surface area contributed by atoms with Crippen molar-refractivity contribution in [1.82, 2.24) is 29.7 Å². The van der Waals surface area contributed by atoms with Gasteiger partial charge in [-0.1, -0.05) is 42.1 Å². The van der Waals surface area contributed by atoms with Crippen molar-refractivity contribution in [3.8, 4) is 0 Å². The van der Waals surface area contributed by atoms with Crippen LogP contribution < -0.4 is 10.9 Å². The van der Waals surface area contributed by atoms with Crippen molar-refractivity contribution in [3.63, 3.8) is 0 Å². The van der Waals surface area contributed by atoms with Crippen molar-refractivity contribution in [2.24, 2.45) is 0 Å². The number of amides is 1. The molecule has 0 saturated carbocycles. The molecule has 0 aliphatic heterocycles. The molecule has 146 valence electrons. The normalized spacial score (nSPS) is 10.9. The van der Waals surface area contributed by atoms with Gasteiger partial charge in [-0.05, 0) is 12.5 Å². The smallest absolute Gasteiger partial charge is 0.282 e. The highest BCUT2D eigenvalue weighted by Gasteiger charge is 2.15. The number of carbonyl (C=O) groups excluding carboxylic acids is 1. The molecule has 0 unspecified atom stereocenters. The molecule has 0 atom stereocenters. The third-order valence-corrected chi connectivity index (χ3v) is 5.02. The van der Waals surface area contributed by atoms with Crippen molar-refractivity contribution in [2.45, 2.75) is 18.6 Å². The maximum Gasteiger partial charge on any atom is 0.282 e. The Bertz CT molecular complexity index is 1220. The number of anilines is 1.